The summed E-state index contributed by atoms with van der Waals surface area (Å²) in [4.78, 5) is 28.0. The zero-order valence-corrected chi connectivity index (χ0v) is 14.3. The van der Waals surface area contributed by atoms with Crippen LogP contribution in [-0.2, 0) is 16.0 Å². The fraction of sp³-hybridized carbons (Fsp3) is 0.176. The van der Waals surface area contributed by atoms with Crippen molar-refractivity contribution in [1.29, 1.82) is 0 Å². The molecule has 7 nitrogen and oxygen atoms in total. The molecule has 3 rings (SSSR count). The predicted octanol–water partition coefficient (Wildman–Crippen LogP) is 2.69. The number of esters is 1. The lowest BCUT2D eigenvalue weighted by Gasteiger charge is -2.00. The molecule has 0 aliphatic carbocycles. The van der Waals surface area contributed by atoms with Gasteiger partial charge in [0.25, 0.3) is 5.91 Å². The van der Waals surface area contributed by atoms with Gasteiger partial charge in [0.2, 0.25) is 0 Å². The number of rotatable bonds is 6. The van der Waals surface area contributed by atoms with Crippen LogP contribution in [0.15, 0.2) is 48.1 Å². The Hall–Kier alpha value is -3.00. The number of nitrogens with zero attached hydrogens (tertiary/aromatic N) is 3. The van der Waals surface area contributed by atoms with E-state index in [1.807, 2.05) is 30.3 Å². The normalized spacial score (nSPS) is 10.4. The highest BCUT2D eigenvalue weighted by molar-refractivity contribution is 7.14. The van der Waals surface area contributed by atoms with Crippen LogP contribution < -0.4 is 5.32 Å². The smallest absolute Gasteiger partial charge is 0.311 e. The van der Waals surface area contributed by atoms with Gasteiger partial charge in [0.05, 0.1) is 36.2 Å². The van der Waals surface area contributed by atoms with E-state index in [2.05, 4.69) is 15.4 Å². The zero-order valence-electron chi connectivity index (χ0n) is 13.5. The molecular weight excluding hydrogens is 340 g/mol. The molecule has 0 aliphatic rings. The monoisotopic (exact) mass is 356 g/mol. The van der Waals surface area contributed by atoms with Crippen molar-refractivity contribution < 1.29 is 14.3 Å². The summed E-state index contributed by atoms with van der Waals surface area (Å²) in [5.41, 5.74) is 1.86. The highest BCUT2D eigenvalue weighted by Gasteiger charge is 2.13. The first kappa shape index (κ1) is 16.8. The number of ether oxygens (including phenoxy) is 1. The number of anilines is 1. The van der Waals surface area contributed by atoms with Gasteiger partial charge in [0.1, 0.15) is 0 Å². The average Bonchev–Trinajstić information content (AvgIpc) is 3.25. The highest BCUT2D eigenvalue weighted by atomic mass is 32.1. The van der Waals surface area contributed by atoms with Gasteiger partial charge in [0, 0.05) is 11.6 Å². The summed E-state index contributed by atoms with van der Waals surface area (Å²) in [7, 11) is 0. The van der Waals surface area contributed by atoms with Gasteiger partial charge in [-0.05, 0) is 19.1 Å². The minimum absolute atomic E-state index is 0.0894. The summed E-state index contributed by atoms with van der Waals surface area (Å²) in [6, 6.07) is 9.51. The van der Waals surface area contributed by atoms with E-state index in [0.29, 0.717) is 23.0 Å². The van der Waals surface area contributed by atoms with Gasteiger partial charge in [-0.15, -0.1) is 11.3 Å². The lowest BCUT2D eigenvalue weighted by atomic mass is 10.3. The zero-order chi connectivity index (χ0) is 17.6. The minimum atomic E-state index is -0.338. The molecule has 0 atom stereocenters. The number of thiazole rings is 1. The molecule has 0 saturated heterocycles. The number of aromatic nitrogens is 3. The van der Waals surface area contributed by atoms with E-state index in [9.17, 15) is 9.59 Å². The van der Waals surface area contributed by atoms with Crippen molar-refractivity contribution >= 4 is 28.3 Å². The number of hydrogen-bond acceptors (Lipinski definition) is 6. The molecule has 0 bridgehead atoms. The number of hydrogen-bond donors (Lipinski definition) is 1. The van der Waals surface area contributed by atoms with Crippen LogP contribution in [0, 0.1) is 0 Å². The Labute approximate surface area is 148 Å². The molecule has 2 aromatic heterocycles. The van der Waals surface area contributed by atoms with Crippen LogP contribution >= 0.6 is 11.3 Å². The van der Waals surface area contributed by atoms with Crippen molar-refractivity contribution in [2.75, 3.05) is 11.9 Å². The molecule has 0 radical (unpaired) electrons. The average molecular weight is 356 g/mol. The second-order valence-corrected chi connectivity index (χ2v) is 5.95. The molecule has 0 spiro atoms. The Bertz CT molecular complexity index is 873. The van der Waals surface area contributed by atoms with Gasteiger partial charge in [0.15, 0.2) is 5.13 Å². The van der Waals surface area contributed by atoms with Gasteiger partial charge >= 0.3 is 5.97 Å². The summed E-state index contributed by atoms with van der Waals surface area (Å²) >= 11 is 1.26. The molecule has 1 aromatic carbocycles. The molecule has 0 aliphatic heterocycles. The van der Waals surface area contributed by atoms with Crippen LogP contribution in [0.2, 0.25) is 0 Å². The van der Waals surface area contributed by atoms with Crippen LogP contribution in [-0.4, -0.2) is 33.2 Å². The SMILES string of the molecule is CCOC(=O)Cc1csc(NC(=O)c2cnn(-c3ccccc3)c2)n1. The number of amides is 1. The maximum atomic E-state index is 12.3. The molecule has 1 N–H and O–H groups in total. The van der Waals surface area contributed by atoms with E-state index in [0.717, 1.165) is 5.69 Å². The third-order valence-corrected chi connectivity index (χ3v) is 4.08. The maximum Gasteiger partial charge on any atom is 0.311 e. The van der Waals surface area contributed by atoms with Crippen LogP contribution in [0.3, 0.4) is 0 Å². The Kier molecular flexibility index (Phi) is 5.20. The van der Waals surface area contributed by atoms with Crippen LogP contribution in [0.5, 0.6) is 0 Å². The highest BCUT2D eigenvalue weighted by Crippen LogP contribution is 2.17. The van der Waals surface area contributed by atoms with Gasteiger partial charge in [-0.25, -0.2) is 9.67 Å². The summed E-state index contributed by atoms with van der Waals surface area (Å²) in [6.45, 7) is 2.08. The standard InChI is InChI=1S/C17H16N4O3S/c1-2-24-15(22)8-13-11-25-17(19-13)20-16(23)12-9-18-21(10-12)14-6-4-3-5-7-14/h3-7,9-11H,2,8H2,1H3,(H,19,20,23). The van der Waals surface area contributed by atoms with E-state index < -0.39 is 0 Å². The fourth-order valence-electron chi connectivity index (χ4n) is 2.14. The van der Waals surface area contributed by atoms with E-state index in [1.54, 1.807) is 23.2 Å². The maximum absolute atomic E-state index is 12.3. The summed E-state index contributed by atoms with van der Waals surface area (Å²) in [5.74, 6) is -0.644. The van der Waals surface area contributed by atoms with E-state index >= 15 is 0 Å². The van der Waals surface area contributed by atoms with Crippen molar-refractivity contribution in [1.82, 2.24) is 14.8 Å². The number of carbonyl (C=O) groups excluding carboxylic acids is 2. The van der Waals surface area contributed by atoms with Crippen molar-refractivity contribution in [2.45, 2.75) is 13.3 Å². The van der Waals surface area contributed by atoms with Gasteiger partial charge in [-0.1, -0.05) is 18.2 Å². The topological polar surface area (TPSA) is 86.1 Å². The Morgan fingerprint density at radius 1 is 1.28 bits per heavy atom. The second-order valence-electron chi connectivity index (χ2n) is 5.09. The molecule has 25 heavy (non-hydrogen) atoms. The fourth-order valence-corrected chi connectivity index (χ4v) is 2.84. The first-order chi connectivity index (χ1) is 12.2. The van der Waals surface area contributed by atoms with E-state index in [1.165, 1.54) is 17.5 Å². The Morgan fingerprint density at radius 3 is 2.84 bits per heavy atom. The molecule has 0 unspecified atom stereocenters. The third kappa shape index (κ3) is 4.30. The van der Waals surface area contributed by atoms with Crippen LogP contribution in [0.4, 0.5) is 5.13 Å². The minimum Gasteiger partial charge on any atom is -0.466 e. The molecule has 0 saturated carbocycles. The van der Waals surface area contributed by atoms with Crippen LogP contribution in [0.1, 0.15) is 23.0 Å². The van der Waals surface area contributed by atoms with Crippen LogP contribution in [0.25, 0.3) is 5.69 Å². The number of para-hydroxylation sites is 1. The molecule has 128 valence electrons. The lowest BCUT2D eigenvalue weighted by molar-refractivity contribution is -0.142. The second kappa shape index (κ2) is 7.71. The number of nitrogens with one attached hydrogen (secondary N) is 1. The Balaban J connectivity index is 1.64. The predicted molar refractivity (Wildman–Crippen MR) is 94.0 cm³/mol. The third-order valence-electron chi connectivity index (χ3n) is 3.27. The summed E-state index contributed by atoms with van der Waals surface area (Å²) in [5, 5.41) is 9.05. The van der Waals surface area contributed by atoms with Crippen molar-refractivity contribution in [2.24, 2.45) is 0 Å². The molecule has 3 aromatic rings. The number of benzene rings is 1. The molecule has 1 amide bonds. The quantitative estimate of drug-likeness (QED) is 0.686. The van der Waals surface area contributed by atoms with Crippen molar-refractivity contribution in [3.8, 4) is 5.69 Å². The summed E-state index contributed by atoms with van der Waals surface area (Å²) in [6.07, 6.45) is 3.24. The first-order valence-electron chi connectivity index (χ1n) is 7.67. The van der Waals surface area contributed by atoms with Gasteiger partial charge < -0.3 is 4.74 Å². The molecular formula is C17H16N4O3S. The largest absolute Gasteiger partial charge is 0.466 e. The van der Waals surface area contributed by atoms with E-state index in [-0.39, 0.29) is 18.3 Å². The lowest BCUT2D eigenvalue weighted by Crippen LogP contribution is -2.11. The molecule has 0 fully saturated rings. The van der Waals surface area contributed by atoms with E-state index in [4.69, 9.17) is 4.74 Å². The molecule has 2 heterocycles. The van der Waals surface area contributed by atoms with Crippen molar-refractivity contribution in [3.63, 3.8) is 0 Å². The van der Waals surface area contributed by atoms with Gasteiger partial charge in [-0.3, -0.25) is 14.9 Å². The first-order valence-corrected chi connectivity index (χ1v) is 8.55. The number of carbonyl (C=O) groups is 2. The van der Waals surface area contributed by atoms with Crippen molar-refractivity contribution in [3.05, 3.63) is 59.4 Å². The van der Waals surface area contributed by atoms with Gasteiger partial charge in [-0.2, -0.15) is 5.10 Å². The Morgan fingerprint density at radius 2 is 2.08 bits per heavy atom. The molecule has 8 heteroatoms. The summed E-state index contributed by atoms with van der Waals surface area (Å²) < 4.78 is 6.51.